The van der Waals surface area contributed by atoms with E-state index < -0.39 is 0 Å². The lowest BCUT2D eigenvalue weighted by Gasteiger charge is -2.16. The SMILES string of the molecule is c1nc2ccc(OC3CCCNCC3)cc2[nH]1. The van der Waals surface area contributed by atoms with E-state index in [4.69, 9.17) is 4.74 Å². The molecule has 1 aliphatic heterocycles. The fraction of sp³-hybridized carbons (Fsp3) is 0.462. The van der Waals surface area contributed by atoms with Gasteiger partial charge in [-0.3, -0.25) is 0 Å². The topological polar surface area (TPSA) is 49.9 Å². The highest BCUT2D eigenvalue weighted by Crippen LogP contribution is 2.21. The number of ether oxygens (including phenoxy) is 1. The van der Waals surface area contributed by atoms with Gasteiger partial charge in [0.15, 0.2) is 0 Å². The van der Waals surface area contributed by atoms with Crippen LogP contribution in [-0.4, -0.2) is 29.2 Å². The van der Waals surface area contributed by atoms with Gasteiger partial charge < -0.3 is 15.0 Å². The van der Waals surface area contributed by atoms with Gasteiger partial charge in [0, 0.05) is 6.07 Å². The standard InChI is InChI=1S/C13H17N3O/c1-2-10(5-7-14-6-1)17-11-3-4-12-13(8-11)16-9-15-12/h3-4,8-10,14H,1-2,5-7H2,(H,15,16). The maximum absolute atomic E-state index is 6.02. The van der Waals surface area contributed by atoms with Crippen LogP contribution < -0.4 is 10.1 Å². The van der Waals surface area contributed by atoms with Crippen molar-refractivity contribution in [3.05, 3.63) is 24.5 Å². The molecule has 0 saturated carbocycles. The molecule has 1 atom stereocenters. The number of nitrogens with one attached hydrogen (secondary N) is 2. The molecule has 3 rings (SSSR count). The van der Waals surface area contributed by atoms with Crippen LogP contribution in [-0.2, 0) is 0 Å². The Morgan fingerprint density at radius 3 is 3.24 bits per heavy atom. The highest BCUT2D eigenvalue weighted by Gasteiger charge is 2.13. The predicted octanol–water partition coefficient (Wildman–Crippen LogP) is 2.08. The second kappa shape index (κ2) is 4.75. The molecule has 0 amide bonds. The summed E-state index contributed by atoms with van der Waals surface area (Å²) in [4.78, 5) is 7.31. The number of aromatic nitrogens is 2. The Bertz CT molecular complexity index is 486. The normalized spacial score (nSPS) is 21.3. The number of H-pyrrole nitrogens is 1. The molecule has 1 aliphatic rings. The number of aromatic amines is 1. The fourth-order valence-electron chi connectivity index (χ4n) is 2.29. The molecule has 4 nitrogen and oxygen atoms in total. The Kier molecular flexibility index (Phi) is 2.96. The number of rotatable bonds is 2. The first kappa shape index (κ1) is 10.6. The van der Waals surface area contributed by atoms with Gasteiger partial charge in [-0.25, -0.2) is 4.98 Å². The van der Waals surface area contributed by atoms with Gasteiger partial charge in [-0.2, -0.15) is 0 Å². The summed E-state index contributed by atoms with van der Waals surface area (Å²) in [6, 6.07) is 6.03. The Morgan fingerprint density at radius 2 is 2.24 bits per heavy atom. The number of imidazole rings is 1. The lowest BCUT2D eigenvalue weighted by Crippen LogP contribution is -2.19. The minimum atomic E-state index is 0.338. The first-order chi connectivity index (χ1) is 8.42. The van der Waals surface area contributed by atoms with E-state index in [1.54, 1.807) is 6.33 Å². The molecule has 0 aliphatic carbocycles. The van der Waals surface area contributed by atoms with Gasteiger partial charge in [0.25, 0.3) is 0 Å². The number of nitrogens with zero attached hydrogens (tertiary/aromatic N) is 1. The zero-order valence-corrected chi connectivity index (χ0v) is 9.78. The van der Waals surface area contributed by atoms with Crippen LogP contribution in [0.25, 0.3) is 11.0 Å². The van der Waals surface area contributed by atoms with Crippen LogP contribution in [0.5, 0.6) is 5.75 Å². The van der Waals surface area contributed by atoms with Crippen molar-refractivity contribution in [1.82, 2.24) is 15.3 Å². The molecular weight excluding hydrogens is 214 g/mol. The molecule has 0 radical (unpaired) electrons. The zero-order chi connectivity index (χ0) is 11.5. The monoisotopic (exact) mass is 231 g/mol. The summed E-state index contributed by atoms with van der Waals surface area (Å²) in [6.45, 7) is 2.16. The molecule has 90 valence electrons. The number of hydrogen-bond acceptors (Lipinski definition) is 3. The van der Waals surface area contributed by atoms with E-state index in [0.717, 1.165) is 42.7 Å². The van der Waals surface area contributed by atoms with E-state index in [-0.39, 0.29) is 0 Å². The fourth-order valence-corrected chi connectivity index (χ4v) is 2.29. The van der Waals surface area contributed by atoms with Crippen LogP contribution in [0.3, 0.4) is 0 Å². The van der Waals surface area contributed by atoms with E-state index in [2.05, 4.69) is 15.3 Å². The lowest BCUT2D eigenvalue weighted by molar-refractivity contribution is 0.188. The average Bonchev–Trinajstić information content (AvgIpc) is 2.65. The van der Waals surface area contributed by atoms with Crippen molar-refractivity contribution in [2.24, 2.45) is 0 Å². The van der Waals surface area contributed by atoms with E-state index in [0.29, 0.717) is 6.10 Å². The van der Waals surface area contributed by atoms with E-state index in [1.165, 1.54) is 6.42 Å². The molecule has 1 fully saturated rings. The molecule has 17 heavy (non-hydrogen) atoms. The largest absolute Gasteiger partial charge is 0.490 e. The number of benzene rings is 1. The molecule has 2 heterocycles. The second-order valence-electron chi connectivity index (χ2n) is 4.50. The van der Waals surface area contributed by atoms with Gasteiger partial charge in [-0.1, -0.05) is 0 Å². The van der Waals surface area contributed by atoms with Gasteiger partial charge in [-0.15, -0.1) is 0 Å². The minimum Gasteiger partial charge on any atom is -0.490 e. The highest BCUT2D eigenvalue weighted by molar-refractivity contribution is 5.75. The smallest absolute Gasteiger partial charge is 0.121 e. The van der Waals surface area contributed by atoms with E-state index in [9.17, 15) is 0 Å². The highest BCUT2D eigenvalue weighted by atomic mass is 16.5. The lowest BCUT2D eigenvalue weighted by atomic mass is 10.1. The quantitative estimate of drug-likeness (QED) is 0.832. The first-order valence-corrected chi connectivity index (χ1v) is 6.22. The van der Waals surface area contributed by atoms with Gasteiger partial charge in [0.2, 0.25) is 0 Å². The van der Waals surface area contributed by atoms with Gasteiger partial charge >= 0.3 is 0 Å². The Hall–Kier alpha value is -1.55. The average molecular weight is 231 g/mol. The molecule has 2 aromatic rings. The summed E-state index contributed by atoms with van der Waals surface area (Å²) in [5, 5.41) is 3.39. The molecule has 4 heteroatoms. The first-order valence-electron chi connectivity index (χ1n) is 6.22. The van der Waals surface area contributed by atoms with Crippen LogP contribution in [0.4, 0.5) is 0 Å². The van der Waals surface area contributed by atoms with Gasteiger partial charge in [0.05, 0.1) is 23.5 Å². The molecule has 1 unspecified atom stereocenters. The molecule has 1 aromatic carbocycles. The minimum absolute atomic E-state index is 0.338. The third-order valence-corrected chi connectivity index (χ3v) is 3.22. The molecule has 0 spiro atoms. The summed E-state index contributed by atoms with van der Waals surface area (Å²) in [7, 11) is 0. The van der Waals surface area contributed by atoms with Crippen molar-refractivity contribution in [2.45, 2.75) is 25.4 Å². The van der Waals surface area contributed by atoms with Gasteiger partial charge in [0.1, 0.15) is 5.75 Å². The molecule has 1 saturated heterocycles. The number of hydrogen-bond donors (Lipinski definition) is 2. The van der Waals surface area contributed by atoms with Crippen molar-refractivity contribution in [1.29, 1.82) is 0 Å². The summed E-state index contributed by atoms with van der Waals surface area (Å²) in [5.74, 6) is 0.939. The molecular formula is C13H17N3O. The zero-order valence-electron chi connectivity index (χ0n) is 9.78. The number of fused-ring (bicyclic) bond motifs is 1. The Balaban J connectivity index is 1.74. The van der Waals surface area contributed by atoms with Gasteiger partial charge in [-0.05, 0) is 44.5 Å². The van der Waals surface area contributed by atoms with Crippen molar-refractivity contribution >= 4 is 11.0 Å². The summed E-state index contributed by atoms with van der Waals surface area (Å²) < 4.78 is 6.02. The van der Waals surface area contributed by atoms with Crippen molar-refractivity contribution in [2.75, 3.05) is 13.1 Å². The van der Waals surface area contributed by atoms with Crippen molar-refractivity contribution < 1.29 is 4.74 Å². The summed E-state index contributed by atoms with van der Waals surface area (Å²) in [5.41, 5.74) is 2.02. The molecule has 0 bridgehead atoms. The molecule has 2 N–H and O–H groups in total. The van der Waals surface area contributed by atoms with E-state index >= 15 is 0 Å². The Labute approximate surface area is 100 Å². The maximum Gasteiger partial charge on any atom is 0.121 e. The van der Waals surface area contributed by atoms with Crippen molar-refractivity contribution in [3.8, 4) is 5.75 Å². The second-order valence-corrected chi connectivity index (χ2v) is 4.50. The molecule has 1 aromatic heterocycles. The van der Waals surface area contributed by atoms with Crippen LogP contribution >= 0.6 is 0 Å². The third-order valence-electron chi connectivity index (χ3n) is 3.22. The third kappa shape index (κ3) is 2.42. The summed E-state index contributed by atoms with van der Waals surface area (Å²) >= 11 is 0. The van der Waals surface area contributed by atoms with E-state index in [1.807, 2.05) is 18.2 Å². The van der Waals surface area contributed by atoms with Crippen LogP contribution in [0.15, 0.2) is 24.5 Å². The van der Waals surface area contributed by atoms with Crippen molar-refractivity contribution in [3.63, 3.8) is 0 Å². The van der Waals surface area contributed by atoms with Crippen LogP contribution in [0, 0.1) is 0 Å². The Morgan fingerprint density at radius 1 is 1.24 bits per heavy atom. The maximum atomic E-state index is 6.02. The van der Waals surface area contributed by atoms with Crippen LogP contribution in [0.2, 0.25) is 0 Å². The van der Waals surface area contributed by atoms with Crippen LogP contribution in [0.1, 0.15) is 19.3 Å². The summed E-state index contributed by atoms with van der Waals surface area (Å²) in [6.07, 6.45) is 5.46. The predicted molar refractivity (Wildman–Crippen MR) is 67.2 cm³/mol.